The second-order valence-corrected chi connectivity index (χ2v) is 2.48. The van der Waals surface area contributed by atoms with E-state index in [0.29, 0.717) is 5.88 Å². The monoisotopic (exact) mass is 155 g/mol. The molecular formula is C8H10FNO. The molecule has 0 spiro atoms. The highest BCUT2D eigenvalue weighted by Gasteiger charge is 1.97. The van der Waals surface area contributed by atoms with Crippen LogP contribution in [0.1, 0.15) is 13.8 Å². The first-order valence-corrected chi connectivity index (χ1v) is 3.46. The van der Waals surface area contributed by atoms with Gasteiger partial charge in [0.15, 0.2) is 0 Å². The van der Waals surface area contributed by atoms with Crippen molar-refractivity contribution in [3.63, 3.8) is 0 Å². The molecule has 0 fully saturated rings. The smallest absolute Gasteiger partial charge is 0.213 e. The summed E-state index contributed by atoms with van der Waals surface area (Å²) in [6.45, 7) is 3.79. The highest BCUT2D eigenvalue weighted by Crippen LogP contribution is 2.07. The second kappa shape index (κ2) is 3.32. The third-order valence-electron chi connectivity index (χ3n) is 1.06. The first-order valence-electron chi connectivity index (χ1n) is 3.46. The SMILES string of the molecule is CC(C)Oc1ccc(F)cn1. The third kappa shape index (κ3) is 2.53. The van der Waals surface area contributed by atoms with Crippen molar-refractivity contribution in [2.24, 2.45) is 0 Å². The van der Waals surface area contributed by atoms with E-state index in [1.54, 1.807) is 0 Å². The molecule has 0 unspecified atom stereocenters. The van der Waals surface area contributed by atoms with Crippen molar-refractivity contribution in [3.05, 3.63) is 24.1 Å². The summed E-state index contributed by atoms with van der Waals surface area (Å²) in [6.07, 6.45) is 1.21. The molecule has 0 saturated carbocycles. The molecule has 1 rings (SSSR count). The molecule has 1 heterocycles. The lowest BCUT2D eigenvalue weighted by Gasteiger charge is -2.06. The fourth-order valence-electron chi connectivity index (χ4n) is 0.673. The Morgan fingerprint density at radius 3 is 2.64 bits per heavy atom. The topological polar surface area (TPSA) is 22.1 Å². The first kappa shape index (κ1) is 7.98. The largest absolute Gasteiger partial charge is 0.475 e. The Balaban J connectivity index is 2.66. The number of pyridine rings is 1. The molecular weight excluding hydrogens is 145 g/mol. The van der Waals surface area contributed by atoms with Gasteiger partial charge >= 0.3 is 0 Å². The number of nitrogens with zero attached hydrogens (tertiary/aromatic N) is 1. The minimum Gasteiger partial charge on any atom is -0.475 e. The Kier molecular flexibility index (Phi) is 2.41. The molecule has 0 aliphatic heterocycles. The molecule has 0 aromatic carbocycles. The molecule has 0 aliphatic rings. The summed E-state index contributed by atoms with van der Waals surface area (Å²) < 4.78 is 17.5. The summed E-state index contributed by atoms with van der Waals surface area (Å²) in [5, 5.41) is 0. The lowest BCUT2D eigenvalue weighted by atomic mass is 10.4. The lowest BCUT2D eigenvalue weighted by Crippen LogP contribution is -2.06. The van der Waals surface area contributed by atoms with Crippen LogP contribution in [0.5, 0.6) is 5.88 Å². The summed E-state index contributed by atoms with van der Waals surface area (Å²) in [5.41, 5.74) is 0. The van der Waals surface area contributed by atoms with Gasteiger partial charge in [-0.15, -0.1) is 0 Å². The number of ether oxygens (including phenoxy) is 1. The van der Waals surface area contributed by atoms with E-state index in [0.717, 1.165) is 6.20 Å². The quantitative estimate of drug-likeness (QED) is 0.651. The Bertz CT molecular complexity index is 220. The Morgan fingerprint density at radius 2 is 2.18 bits per heavy atom. The molecule has 0 radical (unpaired) electrons. The molecule has 0 bridgehead atoms. The maximum Gasteiger partial charge on any atom is 0.213 e. The number of hydrogen-bond acceptors (Lipinski definition) is 2. The van der Waals surface area contributed by atoms with Crippen molar-refractivity contribution in [2.45, 2.75) is 20.0 Å². The van der Waals surface area contributed by atoms with Crippen LogP contribution in [-0.4, -0.2) is 11.1 Å². The van der Waals surface area contributed by atoms with Gasteiger partial charge in [0.05, 0.1) is 12.3 Å². The van der Waals surface area contributed by atoms with Gasteiger partial charge in [-0.05, 0) is 19.9 Å². The van der Waals surface area contributed by atoms with E-state index in [4.69, 9.17) is 4.74 Å². The van der Waals surface area contributed by atoms with Gasteiger partial charge in [0, 0.05) is 6.07 Å². The highest BCUT2D eigenvalue weighted by atomic mass is 19.1. The van der Waals surface area contributed by atoms with E-state index >= 15 is 0 Å². The average molecular weight is 155 g/mol. The predicted octanol–water partition coefficient (Wildman–Crippen LogP) is 2.01. The minimum absolute atomic E-state index is 0.0768. The van der Waals surface area contributed by atoms with Gasteiger partial charge in [-0.25, -0.2) is 9.37 Å². The van der Waals surface area contributed by atoms with Gasteiger partial charge in [0.1, 0.15) is 5.82 Å². The number of rotatable bonds is 2. The lowest BCUT2D eigenvalue weighted by molar-refractivity contribution is 0.232. The summed E-state index contributed by atoms with van der Waals surface area (Å²) in [7, 11) is 0. The zero-order valence-electron chi connectivity index (χ0n) is 6.54. The highest BCUT2D eigenvalue weighted by molar-refractivity contribution is 5.10. The molecule has 0 atom stereocenters. The Labute approximate surface area is 65.0 Å². The number of aromatic nitrogens is 1. The Morgan fingerprint density at radius 1 is 1.45 bits per heavy atom. The van der Waals surface area contributed by atoms with Crippen LogP contribution in [0.15, 0.2) is 18.3 Å². The van der Waals surface area contributed by atoms with Crippen molar-refractivity contribution < 1.29 is 9.13 Å². The predicted molar refractivity (Wildman–Crippen MR) is 40.0 cm³/mol. The molecule has 2 nitrogen and oxygen atoms in total. The summed E-state index contributed by atoms with van der Waals surface area (Å²) in [5.74, 6) is 0.113. The van der Waals surface area contributed by atoms with Crippen molar-refractivity contribution >= 4 is 0 Å². The maximum atomic E-state index is 12.3. The molecule has 3 heteroatoms. The number of hydrogen-bond donors (Lipinski definition) is 0. The Hall–Kier alpha value is -1.12. The van der Waals surface area contributed by atoms with E-state index < -0.39 is 0 Å². The third-order valence-corrected chi connectivity index (χ3v) is 1.06. The molecule has 0 amide bonds. The van der Waals surface area contributed by atoms with Crippen LogP contribution in [0.25, 0.3) is 0 Å². The average Bonchev–Trinajstić information content (AvgIpc) is 1.93. The molecule has 0 saturated heterocycles. The van der Waals surface area contributed by atoms with Crippen LogP contribution in [-0.2, 0) is 0 Å². The van der Waals surface area contributed by atoms with Gasteiger partial charge in [0.2, 0.25) is 5.88 Å². The maximum absolute atomic E-state index is 12.3. The van der Waals surface area contributed by atoms with Gasteiger partial charge in [-0.2, -0.15) is 0 Å². The number of halogens is 1. The van der Waals surface area contributed by atoms with Gasteiger partial charge in [-0.3, -0.25) is 0 Å². The molecule has 60 valence electrons. The molecule has 1 aromatic heterocycles. The molecule has 0 N–H and O–H groups in total. The summed E-state index contributed by atoms with van der Waals surface area (Å²) >= 11 is 0. The van der Waals surface area contributed by atoms with Crippen LogP contribution in [0.2, 0.25) is 0 Å². The van der Waals surface area contributed by atoms with Crippen LogP contribution in [0.3, 0.4) is 0 Å². The summed E-state index contributed by atoms with van der Waals surface area (Å²) in [6, 6.07) is 2.83. The summed E-state index contributed by atoms with van der Waals surface area (Å²) in [4.78, 5) is 3.72. The van der Waals surface area contributed by atoms with E-state index in [1.807, 2.05) is 13.8 Å². The van der Waals surface area contributed by atoms with Crippen LogP contribution in [0, 0.1) is 5.82 Å². The van der Waals surface area contributed by atoms with E-state index in [2.05, 4.69) is 4.98 Å². The van der Waals surface area contributed by atoms with Crippen LogP contribution >= 0.6 is 0 Å². The molecule has 0 aliphatic carbocycles. The van der Waals surface area contributed by atoms with Gasteiger partial charge < -0.3 is 4.74 Å². The van der Waals surface area contributed by atoms with Crippen molar-refractivity contribution in [1.29, 1.82) is 0 Å². The van der Waals surface area contributed by atoms with Crippen molar-refractivity contribution in [3.8, 4) is 5.88 Å². The molecule has 11 heavy (non-hydrogen) atoms. The minimum atomic E-state index is -0.346. The fourth-order valence-corrected chi connectivity index (χ4v) is 0.673. The van der Waals surface area contributed by atoms with E-state index in [9.17, 15) is 4.39 Å². The van der Waals surface area contributed by atoms with Crippen LogP contribution in [0.4, 0.5) is 4.39 Å². The first-order chi connectivity index (χ1) is 5.18. The standard InChI is InChI=1S/C8H10FNO/c1-6(2)11-8-4-3-7(9)5-10-8/h3-6H,1-2H3. The second-order valence-electron chi connectivity index (χ2n) is 2.48. The van der Waals surface area contributed by atoms with E-state index in [1.165, 1.54) is 12.1 Å². The van der Waals surface area contributed by atoms with Crippen molar-refractivity contribution in [2.75, 3.05) is 0 Å². The zero-order chi connectivity index (χ0) is 8.27. The molecule has 1 aromatic rings. The van der Waals surface area contributed by atoms with Crippen LogP contribution < -0.4 is 4.74 Å². The van der Waals surface area contributed by atoms with Crippen molar-refractivity contribution in [1.82, 2.24) is 4.98 Å². The van der Waals surface area contributed by atoms with Gasteiger partial charge in [-0.1, -0.05) is 0 Å². The van der Waals surface area contributed by atoms with E-state index in [-0.39, 0.29) is 11.9 Å². The fraction of sp³-hybridized carbons (Fsp3) is 0.375. The van der Waals surface area contributed by atoms with Gasteiger partial charge in [0.25, 0.3) is 0 Å². The normalized spacial score (nSPS) is 10.2. The zero-order valence-corrected chi connectivity index (χ0v) is 6.54.